The number of aryl methyl sites for hydroxylation is 1. The first kappa shape index (κ1) is 18.5. The maximum absolute atomic E-state index is 13.4. The molecule has 1 amide bonds. The van der Waals surface area contributed by atoms with Gasteiger partial charge in [0.1, 0.15) is 11.6 Å². The summed E-state index contributed by atoms with van der Waals surface area (Å²) in [4.78, 5) is 14.8. The van der Waals surface area contributed by atoms with Crippen molar-refractivity contribution in [1.82, 2.24) is 10.2 Å². The van der Waals surface area contributed by atoms with Gasteiger partial charge in [-0.05, 0) is 24.6 Å². The predicted molar refractivity (Wildman–Crippen MR) is 95.0 cm³/mol. The lowest BCUT2D eigenvalue weighted by atomic mass is 10.0. The third-order valence-electron chi connectivity index (χ3n) is 4.45. The number of morpholine rings is 1. The first-order chi connectivity index (χ1) is 12.5. The highest BCUT2D eigenvalue weighted by Gasteiger charge is 2.21. The lowest BCUT2D eigenvalue weighted by molar-refractivity contribution is 0.0332. The van der Waals surface area contributed by atoms with Crippen LogP contribution in [0.2, 0.25) is 0 Å². The van der Waals surface area contributed by atoms with Gasteiger partial charge in [0.15, 0.2) is 0 Å². The summed E-state index contributed by atoms with van der Waals surface area (Å²) in [6.45, 7) is 5.48. The zero-order valence-corrected chi connectivity index (χ0v) is 14.7. The smallest absolute Gasteiger partial charge is 0.252 e. The van der Waals surface area contributed by atoms with Crippen LogP contribution in [0.15, 0.2) is 42.5 Å². The molecule has 1 saturated heterocycles. The summed E-state index contributed by atoms with van der Waals surface area (Å²) in [5, 5.41) is 2.92. The number of nitrogens with zero attached hydrogens (tertiary/aromatic N) is 1. The van der Waals surface area contributed by atoms with Crippen molar-refractivity contribution in [2.45, 2.75) is 13.0 Å². The lowest BCUT2D eigenvalue weighted by Gasteiger charge is -2.31. The van der Waals surface area contributed by atoms with Crippen LogP contribution in [-0.4, -0.2) is 43.7 Å². The van der Waals surface area contributed by atoms with E-state index in [2.05, 4.69) is 10.2 Å². The summed E-state index contributed by atoms with van der Waals surface area (Å²) >= 11 is 0. The number of halogens is 2. The number of ether oxygens (including phenoxy) is 1. The molecule has 1 fully saturated rings. The molecule has 1 heterocycles. The second kappa shape index (κ2) is 8.38. The Bertz CT molecular complexity index is 739. The maximum Gasteiger partial charge on any atom is 0.252 e. The molecule has 1 aliphatic heterocycles. The maximum atomic E-state index is 13.4. The summed E-state index contributed by atoms with van der Waals surface area (Å²) in [6, 6.07) is 10.4. The number of benzene rings is 2. The molecule has 0 radical (unpaired) electrons. The molecule has 138 valence electrons. The molecule has 1 aliphatic rings. The van der Waals surface area contributed by atoms with Gasteiger partial charge in [0.05, 0.1) is 19.3 Å². The fourth-order valence-corrected chi connectivity index (χ4v) is 3.00. The molecule has 26 heavy (non-hydrogen) atoms. The molecule has 0 aromatic heterocycles. The second-order valence-electron chi connectivity index (χ2n) is 6.51. The molecular weight excluding hydrogens is 338 g/mol. The van der Waals surface area contributed by atoms with Gasteiger partial charge in [-0.15, -0.1) is 0 Å². The first-order valence-electron chi connectivity index (χ1n) is 8.65. The van der Waals surface area contributed by atoms with Gasteiger partial charge in [0.2, 0.25) is 0 Å². The average molecular weight is 360 g/mol. The minimum atomic E-state index is -0.768. The van der Waals surface area contributed by atoms with Gasteiger partial charge < -0.3 is 10.1 Å². The molecule has 0 bridgehead atoms. The van der Waals surface area contributed by atoms with Gasteiger partial charge >= 0.3 is 0 Å². The van der Waals surface area contributed by atoms with Crippen LogP contribution in [-0.2, 0) is 4.74 Å². The van der Waals surface area contributed by atoms with E-state index in [4.69, 9.17) is 4.74 Å². The first-order valence-corrected chi connectivity index (χ1v) is 8.65. The van der Waals surface area contributed by atoms with Crippen LogP contribution in [0.4, 0.5) is 8.78 Å². The van der Waals surface area contributed by atoms with Crippen molar-refractivity contribution < 1.29 is 18.3 Å². The molecule has 0 unspecified atom stereocenters. The van der Waals surface area contributed by atoms with E-state index in [0.29, 0.717) is 19.8 Å². The molecule has 4 nitrogen and oxygen atoms in total. The Morgan fingerprint density at radius 3 is 2.35 bits per heavy atom. The topological polar surface area (TPSA) is 41.6 Å². The predicted octanol–water partition coefficient (Wildman–Crippen LogP) is 3.08. The lowest BCUT2D eigenvalue weighted by Crippen LogP contribution is -2.43. The molecule has 2 aromatic carbocycles. The number of nitrogens with one attached hydrogen (secondary N) is 1. The minimum absolute atomic E-state index is 0.0263. The monoisotopic (exact) mass is 360 g/mol. The zero-order valence-electron chi connectivity index (χ0n) is 14.7. The zero-order chi connectivity index (χ0) is 18.5. The molecule has 0 spiro atoms. The molecule has 6 heteroatoms. The van der Waals surface area contributed by atoms with Crippen LogP contribution in [0.3, 0.4) is 0 Å². The van der Waals surface area contributed by atoms with E-state index in [1.807, 2.05) is 31.2 Å². The fraction of sp³-hybridized carbons (Fsp3) is 0.350. The van der Waals surface area contributed by atoms with E-state index in [-0.39, 0.29) is 11.6 Å². The number of rotatable bonds is 5. The highest BCUT2D eigenvalue weighted by Crippen LogP contribution is 2.18. The van der Waals surface area contributed by atoms with Crippen LogP contribution >= 0.6 is 0 Å². The molecule has 1 N–H and O–H groups in total. The Morgan fingerprint density at radius 1 is 1.12 bits per heavy atom. The molecule has 1 atom stereocenters. The number of carbonyl (C=O) groups excluding carboxylic acids is 1. The van der Waals surface area contributed by atoms with E-state index in [1.54, 1.807) is 0 Å². The van der Waals surface area contributed by atoms with Crippen molar-refractivity contribution in [3.05, 3.63) is 70.8 Å². The average Bonchev–Trinajstić information content (AvgIpc) is 2.62. The largest absolute Gasteiger partial charge is 0.379 e. The van der Waals surface area contributed by atoms with E-state index in [0.717, 1.165) is 42.4 Å². The number of amides is 1. The Kier molecular flexibility index (Phi) is 5.96. The third kappa shape index (κ3) is 4.86. The van der Waals surface area contributed by atoms with Crippen LogP contribution in [0.1, 0.15) is 27.5 Å². The third-order valence-corrected chi connectivity index (χ3v) is 4.45. The van der Waals surface area contributed by atoms with Gasteiger partial charge in [0, 0.05) is 31.3 Å². The van der Waals surface area contributed by atoms with Gasteiger partial charge in [-0.25, -0.2) is 8.78 Å². The summed E-state index contributed by atoms with van der Waals surface area (Å²) in [5.74, 6) is -2.03. The van der Waals surface area contributed by atoms with E-state index in [1.165, 1.54) is 0 Å². The Balaban J connectivity index is 1.79. The number of carbonyl (C=O) groups is 1. The summed E-state index contributed by atoms with van der Waals surface area (Å²) in [6.07, 6.45) is 0. The summed E-state index contributed by atoms with van der Waals surface area (Å²) in [7, 11) is 0. The van der Waals surface area contributed by atoms with Crippen molar-refractivity contribution >= 4 is 5.91 Å². The standard InChI is InChI=1S/C20H22F2N2O2/c1-14-2-4-15(5-3-14)19(13-24-6-8-26-9-7-24)23-20(25)16-10-17(21)12-18(22)11-16/h2-5,10-12,19H,6-9,13H2,1H3,(H,23,25)/t19-/m0/s1. The van der Waals surface area contributed by atoms with E-state index in [9.17, 15) is 13.6 Å². The van der Waals surface area contributed by atoms with Crippen LogP contribution < -0.4 is 5.32 Å². The Morgan fingerprint density at radius 2 is 1.73 bits per heavy atom. The van der Waals surface area contributed by atoms with Gasteiger partial charge in [-0.1, -0.05) is 29.8 Å². The van der Waals surface area contributed by atoms with Crippen molar-refractivity contribution in [3.63, 3.8) is 0 Å². The molecular formula is C20H22F2N2O2. The fourth-order valence-electron chi connectivity index (χ4n) is 3.00. The number of hydrogen-bond acceptors (Lipinski definition) is 3. The second-order valence-corrected chi connectivity index (χ2v) is 6.51. The van der Waals surface area contributed by atoms with Gasteiger partial charge in [0.25, 0.3) is 5.91 Å². The van der Waals surface area contributed by atoms with Crippen molar-refractivity contribution in [1.29, 1.82) is 0 Å². The quantitative estimate of drug-likeness (QED) is 0.891. The Labute approximate surface area is 151 Å². The van der Waals surface area contributed by atoms with Crippen LogP contribution in [0.5, 0.6) is 0 Å². The molecule has 2 aromatic rings. The minimum Gasteiger partial charge on any atom is -0.379 e. The van der Waals surface area contributed by atoms with Crippen molar-refractivity contribution in [2.75, 3.05) is 32.8 Å². The summed E-state index contributed by atoms with van der Waals surface area (Å²) in [5.41, 5.74) is 2.05. The van der Waals surface area contributed by atoms with Crippen molar-refractivity contribution in [2.24, 2.45) is 0 Å². The Hall–Kier alpha value is -2.31. The molecule has 0 saturated carbocycles. The van der Waals surface area contributed by atoms with Gasteiger partial charge in [-0.3, -0.25) is 9.69 Å². The van der Waals surface area contributed by atoms with E-state index >= 15 is 0 Å². The molecule has 3 rings (SSSR count). The summed E-state index contributed by atoms with van der Waals surface area (Å²) < 4.78 is 32.2. The van der Waals surface area contributed by atoms with E-state index < -0.39 is 17.5 Å². The SMILES string of the molecule is Cc1ccc([C@H](CN2CCOCC2)NC(=O)c2cc(F)cc(F)c2)cc1. The highest BCUT2D eigenvalue weighted by atomic mass is 19.1. The molecule has 0 aliphatic carbocycles. The van der Waals surface area contributed by atoms with Crippen molar-refractivity contribution in [3.8, 4) is 0 Å². The normalized spacial score (nSPS) is 16.3. The van der Waals surface area contributed by atoms with Gasteiger partial charge in [-0.2, -0.15) is 0 Å². The van der Waals surface area contributed by atoms with Crippen LogP contribution in [0.25, 0.3) is 0 Å². The number of hydrogen-bond donors (Lipinski definition) is 1. The van der Waals surface area contributed by atoms with Crippen LogP contribution in [0, 0.1) is 18.6 Å². The highest BCUT2D eigenvalue weighted by molar-refractivity contribution is 5.94.